The third-order valence-electron chi connectivity index (χ3n) is 6.54. The second kappa shape index (κ2) is 12.0. The van der Waals surface area contributed by atoms with Gasteiger partial charge in [-0.25, -0.2) is 4.79 Å². The monoisotopic (exact) mass is 525 g/mol. The summed E-state index contributed by atoms with van der Waals surface area (Å²) in [5.74, 6) is -0.579. The molecule has 0 radical (unpaired) electrons. The highest BCUT2D eigenvalue weighted by molar-refractivity contribution is 7.80. The molecule has 2 aromatic rings. The van der Waals surface area contributed by atoms with Gasteiger partial charge in [-0.3, -0.25) is 9.59 Å². The predicted octanol–water partition coefficient (Wildman–Crippen LogP) is 5.50. The molecule has 8 heteroatoms. The SMILES string of the molecule is Cc1ccc(C(C(=O)Nc2c(C)cccc2C)N(C(=O)C(CS)NC(=O)OC(C)(C)C)C2CCC2)cc1. The second-order valence-corrected chi connectivity index (χ2v) is 11.1. The molecular formula is C29H39N3O4S. The van der Waals surface area contributed by atoms with Gasteiger partial charge in [0.05, 0.1) is 0 Å². The van der Waals surface area contributed by atoms with Crippen molar-refractivity contribution < 1.29 is 19.1 Å². The number of ether oxygens (including phenoxy) is 1. The van der Waals surface area contributed by atoms with Crippen molar-refractivity contribution in [1.82, 2.24) is 10.2 Å². The highest BCUT2D eigenvalue weighted by Gasteiger charge is 2.41. The number of carbonyl (C=O) groups excluding carboxylic acids is 3. The number of carbonyl (C=O) groups is 3. The number of rotatable bonds is 8. The van der Waals surface area contributed by atoms with Crippen molar-refractivity contribution in [1.29, 1.82) is 0 Å². The van der Waals surface area contributed by atoms with E-state index in [1.165, 1.54) is 0 Å². The van der Waals surface area contributed by atoms with Crippen LogP contribution in [0, 0.1) is 20.8 Å². The Hall–Kier alpha value is -3.00. The minimum Gasteiger partial charge on any atom is -0.444 e. The molecule has 2 aromatic carbocycles. The zero-order chi connectivity index (χ0) is 27.3. The van der Waals surface area contributed by atoms with Crippen LogP contribution in [0.3, 0.4) is 0 Å². The van der Waals surface area contributed by atoms with E-state index >= 15 is 0 Å². The third kappa shape index (κ3) is 7.28. The summed E-state index contributed by atoms with van der Waals surface area (Å²) in [6.07, 6.45) is 1.85. The van der Waals surface area contributed by atoms with Crippen molar-refractivity contribution in [3.05, 3.63) is 64.7 Å². The molecule has 1 aliphatic rings. The maximum atomic E-state index is 14.0. The van der Waals surface area contributed by atoms with Gasteiger partial charge in [0.15, 0.2) is 0 Å². The normalized spacial score (nSPS) is 15.2. The number of nitrogens with zero attached hydrogens (tertiary/aromatic N) is 1. The lowest BCUT2D eigenvalue weighted by Crippen LogP contribution is -2.57. The van der Waals surface area contributed by atoms with Crippen LogP contribution in [-0.4, -0.2) is 46.2 Å². The molecule has 7 nitrogen and oxygen atoms in total. The van der Waals surface area contributed by atoms with E-state index in [0.29, 0.717) is 5.56 Å². The van der Waals surface area contributed by atoms with Gasteiger partial charge in [-0.15, -0.1) is 0 Å². The first-order valence-corrected chi connectivity index (χ1v) is 13.4. The molecule has 200 valence electrons. The Morgan fingerprint density at radius 1 is 1.03 bits per heavy atom. The topological polar surface area (TPSA) is 87.7 Å². The molecule has 2 N–H and O–H groups in total. The second-order valence-electron chi connectivity index (χ2n) is 10.8. The number of benzene rings is 2. The van der Waals surface area contributed by atoms with Crippen molar-refractivity contribution in [2.75, 3.05) is 11.1 Å². The summed E-state index contributed by atoms with van der Waals surface area (Å²) in [5, 5.41) is 5.76. The Labute approximate surface area is 225 Å². The summed E-state index contributed by atoms with van der Waals surface area (Å²) in [6, 6.07) is 11.5. The number of para-hydroxylation sites is 1. The number of amides is 3. The maximum absolute atomic E-state index is 14.0. The zero-order valence-electron chi connectivity index (χ0n) is 22.6. The first-order chi connectivity index (χ1) is 17.4. The molecule has 2 unspecified atom stereocenters. The van der Waals surface area contributed by atoms with Crippen molar-refractivity contribution in [3.63, 3.8) is 0 Å². The van der Waals surface area contributed by atoms with Crippen LogP contribution in [0.2, 0.25) is 0 Å². The molecule has 0 aromatic heterocycles. The van der Waals surface area contributed by atoms with E-state index < -0.39 is 23.8 Å². The van der Waals surface area contributed by atoms with E-state index in [1.54, 1.807) is 25.7 Å². The van der Waals surface area contributed by atoms with Crippen LogP contribution in [0.25, 0.3) is 0 Å². The van der Waals surface area contributed by atoms with Crippen molar-refractivity contribution in [2.24, 2.45) is 0 Å². The van der Waals surface area contributed by atoms with Crippen LogP contribution >= 0.6 is 12.6 Å². The van der Waals surface area contributed by atoms with Crippen LogP contribution in [-0.2, 0) is 14.3 Å². The Morgan fingerprint density at radius 3 is 2.11 bits per heavy atom. The van der Waals surface area contributed by atoms with E-state index in [1.807, 2.05) is 63.2 Å². The maximum Gasteiger partial charge on any atom is 0.408 e. The molecule has 2 atom stereocenters. The molecule has 0 bridgehead atoms. The molecule has 3 rings (SSSR count). The van der Waals surface area contributed by atoms with Gasteiger partial charge in [-0.05, 0) is 77.5 Å². The average molecular weight is 526 g/mol. The largest absolute Gasteiger partial charge is 0.444 e. The lowest BCUT2D eigenvalue weighted by molar-refractivity contribution is -0.145. The third-order valence-corrected chi connectivity index (χ3v) is 6.91. The van der Waals surface area contributed by atoms with Crippen molar-refractivity contribution in [2.45, 2.75) is 84.5 Å². The minimum absolute atomic E-state index is 0.0699. The van der Waals surface area contributed by atoms with Gasteiger partial charge in [0.25, 0.3) is 5.91 Å². The van der Waals surface area contributed by atoms with Gasteiger partial charge in [-0.1, -0.05) is 48.0 Å². The summed E-state index contributed by atoms with van der Waals surface area (Å²) in [4.78, 5) is 42.2. The number of alkyl carbamates (subject to hydrolysis) is 1. The summed E-state index contributed by atoms with van der Waals surface area (Å²) >= 11 is 4.36. The molecule has 1 saturated carbocycles. The Balaban J connectivity index is 2.00. The number of thiol groups is 1. The summed E-state index contributed by atoms with van der Waals surface area (Å²) < 4.78 is 5.38. The number of hydrogen-bond donors (Lipinski definition) is 3. The van der Waals surface area contributed by atoms with Gasteiger partial charge < -0.3 is 20.3 Å². The van der Waals surface area contributed by atoms with E-state index in [-0.39, 0.29) is 23.6 Å². The van der Waals surface area contributed by atoms with Gasteiger partial charge in [0, 0.05) is 17.5 Å². The molecule has 0 aliphatic heterocycles. The Bertz CT molecular complexity index is 1100. The fourth-order valence-corrected chi connectivity index (χ4v) is 4.64. The molecule has 0 saturated heterocycles. The van der Waals surface area contributed by atoms with Gasteiger partial charge in [0.2, 0.25) is 5.91 Å². The first-order valence-electron chi connectivity index (χ1n) is 12.8. The van der Waals surface area contributed by atoms with Crippen LogP contribution in [0.15, 0.2) is 42.5 Å². The molecular weight excluding hydrogens is 486 g/mol. The standard InChI is InChI=1S/C29H39N3O4S/c1-18-13-15-21(16-14-18)25(26(33)31-24-19(2)9-7-10-20(24)3)32(22-11-8-12-22)27(34)23(17-37)30-28(35)36-29(4,5)6/h7,9-10,13-16,22-23,25,37H,8,11-12,17H2,1-6H3,(H,30,35)(H,31,33). The fraction of sp³-hybridized carbons (Fsp3) is 0.483. The fourth-order valence-electron chi connectivity index (χ4n) is 4.39. The Morgan fingerprint density at radius 2 is 1.62 bits per heavy atom. The van der Waals surface area contributed by atoms with E-state index in [4.69, 9.17) is 4.74 Å². The number of anilines is 1. The zero-order valence-corrected chi connectivity index (χ0v) is 23.5. The van der Waals surface area contributed by atoms with Crippen LogP contribution in [0.4, 0.5) is 10.5 Å². The van der Waals surface area contributed by atoms with Gasteiger partial charge >= 0.3 is 6.09 Å². The van der Waals surface area contributed by atoms with Crippen LogP contribution < -0.4 is 10.6 Å². The lowest BCUT2D eigenvalue weighted by Gasteiger charge is -2.43. The molecule has 1 aliphatic carbocycles. The highest BCUT2D eigenvalue weighted by Crippen LogP contribution is 2.35. The summed E-state index contributed by atoms with van der Waals surface area (Å²) in [5.41, 5.74) is 3.68. The molecule has 3 amide bonds. The Kier molecular flexibility index (Phi) is 9.29. The summed E-state index contributed by atoms with van der Waals surface area (Å²) in [7, 11) is 0. The van der Waals surface area contributed by atoms with E-state index in [2.05, 4.69) is 23.3 Å². The lowest BCUT2D eigenvalue weighted by atomic mass is 9.88. The van der Waals surface area contributed by atoms with Crippen LogP contribution in [0.5, 0.6) is 0 Å². The number of aryl methyl sites for hydroxylation is 3. The summed E-state index contributed by atoms with van der Waals surface area (Å²) in [6.45, 7) is 11.1. The predicted molar refractivity (Wildman–Crippen MR) is 150 cm³/mol. The molecule has 0 spiro atoms. The van der Waals surface area contributed by atoms with Gasteiger partial charge in [0.1, 0.15) is 17.7 Å². The first kappa shape index (κ1) is 28.6. The van der Waals surface area contributed by atoms with Gasteiger partial charge in [-0.2, -0.15) is 12.6 Å². The van der Waals surface area contributed by atoms with Crippen LogP contribution in [0.1, 0.15) is 68.3 Å². The quantitative estimate of drug-likeness (QED) is 0.398. The molecule has 0 heterocycles. The average Bonchev–Trinajstić information content (AvgIpc) is 2.78. The highest BCUT2D eigenvalue weighted by atomic mass is 32.1. The van der Waals surface area contributed by atoms with E-state index in [9.17, 15) is 14.4 Å². The van der Waals surface area contributed by atoms with E-state index in [0.717, 1.165) is 41.6 Å². The number of hydrogen-bond acceptors (Lipinski definition) is 5. The molecule has 1 fully saturated rings. The molecule has 37 heavy (non-hydrogen) atoms. The number of nitrogens with one attached hydrogen (secondary N) is 2. The van der Waals surface area contributed by atoms with Crippen molar-refractivity contribution >= 4 is 36.2 Å². The minimum atomic E-state index is -0.945. The smallest absolute Gasteiger partial charge is 0.408 e. The van der Waals surface area contributed by atoms with Crippen molar-refractivity contribution in [3.8, 4) is 0 Å².